The Hall–Kier alpha value is -2.78. The number of nitrogens with zero attached hydrogens (tertiary/aromatic N) is 2. The quantitative estimate of drug-likeness (QED) is 0.578. The molecule has 0 saturated heterocycles. The van der Waals surface area contributed by atoms with E-state index < -0.39 is 27.0 Å². The highest BCUT2D eigenvalue weighted by Gasteiger charge is 2.19. The van der Waals surface area contributed by atoms with Crippen LogP contribution < -0.4 is 4.80 Å². The lowest BCUT2D eigenvalue weighted by atomic mass is 10.2. The van der Waals surface area contributed by atoms with Crippen molar-refractivity contribution in [1.29, 1.82) is 0 Å². The van der Waals surface area contributed by atoms with Gasteiger partial charge in [0.15, 0.2) is 14.6 Å². The number of carbonyl (C=O) groups is 2. The predicted octanol–water partition coefficient (Wildman–Crippen LogP) is 2.80. The molecule has 0 radical (unpaired) electrons. The third kappa shape index (κ3) is 4.30. The van der Waals surface area contributed by atoms with Crippen LogP contribution in [0.15, 0.2) is 58.4 Å². The van der Waals surface area contributed by atoms with Crippen molar-refractivity contribution in [2.24, 2.45) is 4.99 Å². The molecule has 1 amide bonds. The van der Waals surface area contributed by atoms with Gasteiger partial charge < -0.3 is 9.30 Å². The first-order valence-corrected chi connectivity index (χ1v) is 11.2. The van der Waals surface area contributed by atoms with Gasteiger partial charge in [0.05, 0.1) is 27.5 Å². The molecule has 0 atom stereocenters. The lowest BCUT2D eigenvalue weighted by Gasteiger charge is -2.07. The number of aromatic nitrogens is 1. The summed E-state index contributed by atoms with van der Waals surface area (Å²) >= 11 is 1.28. The average Bonchev–Trinajstić information content (AvgIpc) is 3.04. The van der Waals surface area contributed by atoms with Crippen molar-refractivity contribution >= 4 is 43.3 Å². The summed E-state index contributed by atoms with van der Waals surface area (Å²) in [5.41, 5.74) is 1.03. The highest BCUT2D eigenvalue weighted by atomic mass is 32.2. The molecule has 0 spiro atoms. The number of sulfone groups is 1. The minimum absolute atomic E-state index is 0.0712. The van der Waals surface area contributed by atoms with Crippen LogP contribution in [0.1, 0.15) is 24.2 Å². The number of thiazole rings is 1. The Morgan fingerprint density at radius 1 is 1.10 bits per heavy atom. The van der Waals surface area contributed by atoms with Crippen LogP contribution in [-0.2, 0) is 25.9 Å². The fourth-order valence-electron chi connectivity index (χ4n) is 2.66. The molecule has 9 heteroatoms. The summed E-state index contributed by atoms with van der Waals surface area (Å²) < 4.78 is 31.7. The second-order valence-electron chi connectivity index (χ2n) is 6.55. The minimum atomic E-state index is -3.41. The maximum atomic E-state index is 12.7. The van der Waals surface area contributed by atoms with E-state index in [2.05, 4.69) is 4.99 Å². The zero-order valence-corrected chi connectivity index (χ0v) is 17.8. The second kappa shape index (κ2) is 8.30. The van der Waals surface area contributed by atoms with Gasteiger partial charge in [-0.05, 0) is 50.2 Å². The zero-order chi connectivity index (χ0) is 21.2. The molecular formula is C20H20N2O5S2. The smallest absolute Gasteiger partial charge is 0.325 e. The highest BCUT2D eigenvalue weighted by molar-refractivity contribution is 7.92. The van der Waals surface area contributed by atoms with Crippen LogP contribution in [0.4, 0.5) is 0 Å². The molecule has 0 bridgehead atoms. The van der Waals surface area contributed by atoms with Crippen LogP contribution in [0, 0.1) is 0 Å². The summed E-state index contributed by atoms with van der Waals surface area (Å²) in [4.78, 5) is 29.1. The number of para-hydroxylation sites is 1. The number of benzene rings is 2. The Balaban J connectivity index is 2.02. The van der Waals surface area contributed by atoms with Crippen molar-refractivity contribution in [3.8, 4) is 0 Å². The summed E-state index contributed by atoms with van der Waals surface area (Å²) in [6, 6.07) is 13.1. The number of ether oxygens (including phenoxy) is 1. The molecule has 29 heavy (non-hydrogen) atoms. The van der Waals surface area contributed by atoms with Gasteiger partial charge in [-0.15, -0.1) is 0 Å². The summed E-state index contributed by atoms with van der Waals surface area (Å²) in [5.74, 6) is -0.977. The van der Waals surface area contributed by atoms with Gasteiger partial charge in [0, 0.05) is 5.56 Å². The van der Waals surface area contributed by atoms with Crippen molar-refractivity contribution in [2.75, 3.05) is 7.11 Å². The zero-order valence-electron chi connectivity index (χ0n) is 16.2. The molecule has 0 fully saturated rings. The summed E-state index contributed by atoms with van der Waals surface area (Å²) in [5, 5.41) is -0.551. The molecular weight excluding hydrogens is 412 g/mol. The minimum Gasteiger partial charge on any atom is -0.468 e. The van der Waals surface area contributed by atoms with E-state index in [1.54, 1.807) is 18.4 Å². The number of hydrogen-bond donors (Lipinski definition) is 0. The third-order valence-electron chi connectivity index (χ3n) is 4.35. The van der Waals surface area contributed by atoms with Crippen LogP contribution in [0.3, 0.4) is 0 Å². The van der Waals surface area contributed by atoms with E-state index in [1.807, 2.05) is 24.3 Å². The summed E-state index contributed by atoms with van der Waals surface area (Å²) in [6.07, 6.45) is 0. The molecule has 7 nitrogen and oxygen atoms in total. The van der Waals surface area contributed by atoms with Gasteiger partial charge in [0.1, 0.15) is 6.54 Å². The number of esters is 1. The SMILES string of the molecule is COC(=O)Cn1c(=NC(=O)c2ccc(S(=O)(=O)C(C)C)cc2)sc2ccccc21. The van der Waals surface area contributed by atoms with E-state index in [0.717, 1.165) is 10.2 Å². The number of methoxy groups -OCH3 is 1. The first kappa shape index (κ1) is 20.9. The van der Waals surface area contributed by atoms with Crippen molar-refractivity contribution in [1.82, 2.24) is 4.57 Å². The van der Waals surface area contributed by atoms with E-state index in [0.29, 0.717) is 4.80 Å². The third-order valence-corrected chi connectivity index (χ3v) is 7.58. The number of carbonyl (C=O) groups excluding carboxylic acids is 2. The van der Waals surface area contributed by atoms with Crippen molar-refractivity contribution in [3.63, 3.8) is 0 Å². The van der Waals surface area contributed by atoms with Gasteiger partial charge in [-0.2, -0.15) is 4.99 Å². The molecule has 0 aliphatic rings. The molecule has 0 aliphatic carbocycles. The van der Waals surface area contributed by atoms with Gasteiger partial charge in [0.2, 0.25) is 0 Å². The van der Waals surface area contributed by atoms with Gasteiger partial charge in [-0.25, -0.2) is 8.42 Å². The number of amides is 1. The van der Waals surface area contributed by atoms with Crippen LogP contribution >= 0.6 is 11.3 Å². The summed E-state index contributed by atoms with van der Waals surface area (Å²) in [6.45, 7) is 3.13. The lowest BCUT2D eigenvalue weighted by Crippen LogP contribution is -2.22. The van der Waals surface area contributed by atoms with E-state index in [-0.39, 0.29) is 17.0 Å². The van der Waals surface area contributed by atoms with Gasteiger partial charge in [-0.1, -0.05) is 23.5 Å². The van der Waals surface area contributed by atoms with Gasteiger partial charge in [-0.3, -0.25) is 9.59 Å². The van der Waals surface area contributed by atoms with E-state index in [9.17, 15) is 18.0 Å². The topological polar surface area (TPSA) is 94.8 Å². The Morgan fingerprint density at radius 2 is 1.76 bits per heavy atom. The number of rotatable bonds is 5. The Labute approximate surface area is 172 Å². The van der Waals surface area contributed by atoms with Crippen LogP contribution in [-0.4, -0.2) is 37.2 Å². The maximum absolute atomic E-state index is 12.7. The van der Waals surface area contributed by atoms with Crippen molar-refractivity contribution < 1.29 is 22.7 Å². The average molecular weight is 433 g/mol. The normalized spacial score (nSPS) is 12.5. The lowest BCUT2D eigenvalue weighted by molar-refractivity contribution is -0.141. The molecule has 0 aliphatic heterocycles. The Morgan fingerprint density at radius 3 is 2.38 bits per heavy atom. The second-order valence-corrected chi connectivity index (χ2v) is 10.1. The summed E-state index contributed by atoms with van der Waals surface area (Å²) in [7, 11) is -2.12. The Kier molecular flexibility index (Phi) is 5.99. The van der Waals surface area contributed by atoms with E-state index in [1.165, 1.54) is 42.7 Å². The van der Waals surface area contributed by atoms with Crippen LogP contribution in [0.5, 0.6) is 0 Å². The highest BCUT2D eigenvalue weighted by Crippen LogP contribution is 2.18. The van der Waals surface area contributed by atoms with Crippen molar-refractivity contribution in [2.45, 2.75) is 30.5 Å². The first-order chi connectivity index (χ1) is 13.7. The molecule has 3 aromatic rings. The molecule has 0 N–H and O–H groups in total. The van der Waals surface area contributed by atoms with Crippen LogP contribution in [0.2, 0.25) is 0 Å². The molecule has 152 valence electrons. The number of hydrogen-bond acceptors (Lipinski definition) is 6. The first-order valence-electron chi connectivity index (χ1n) is 8.82. The standard InChI is InChI=1S/C20H20N2O5S2/c1-13(2)29(25,26)15-10-8-14(9-11-15)19(24)21-20-22(12-18(23)27-3)16-6-4-5-7-17(16)28-20/h4-11,13H,12H2,1-3H3. The molecule has 1 aromatic heterocycles. The molecule has 0 unspecified atom stereocenters. The molecule has 1 heterocycles. The predicted molar refractivity (Wildman–Crippen MR) is 110 cm³/mol. The van der Waals surface area contributed by atoms with E-state index in [4.69, 9.17) is 4.74 Å². The Bertz CT molecular complexity index is 1240. The van der Waals surface area contributed by atoms with E-state index >= 15 is 0 Å². The molecule has 3 rings (SSSR count). The fraction of sp³-hybridized carbons (Fsp3) is 0.250. The van der Waals surface area contributed by atoms with Gasteiger partial charge in [0.25, 0.3) is 5.91 Å². The number of fused-ring (bicyclic) bond motifs is 1. The monoisotopic (exact) mass is 432 g/mol. The van der Waals surface area contributed by atoms with Gasteiger partial charge >= 0.3 is 5.97 Å². The largest absolute Gasteiger partial charge is 0.468 e. The van der Waals surface area contributed by atoms with Crippen molar-refractivity contribution in [3.05, 3.63) is 58.9 Å². The molecule has 2 aromatic carbocycles. The van der Waals surface area contributed by atoms with Crippen LogP contribution in [0.25, 0.3) is 10.2 Å². The maximum Gasteiger partial charge on any atom is 0.325 e. The molecule has 0 saturated carbocycles. The fourth-order valence-corrected chi connectivity index (χ4v) is 4.75.